The molecule has 0 atom stereocenters. The van der Waals surface area contributed by atoms with E-state index in [2.05, 4.69) is 33.4 Å². The third-order valence-electron chi connectivity index (χ3n) is 1.70. The summed E-state index contributed by atoms with van der Waals surface area (Å²) in [6.45, 7) is 3.94. The lowest BCUT2D eigenvalue weighted by atomic mass is 10.4. The fourth-order valence-electron chi connectivity index (χ4n) is 0.920. The minimum atomic E-state index is 0.937. The molecule has 82 valence electrons. The Hall–Kier alpha value is -0.920. The smallest absolute Gasteiger partial charge is 0.0276 e. The summed E-state index contributed by atoms with van der Waals surface area (Å²) in [4.78, 5) is 0. The van der Waals surface area contributed by atoms with Gasteiger partial charge in [0, 0.05) is 25.2 Å². The Morgan fingerprint density at radius 3 is 1.50 bits per heavy atom. The van der Waals surface area contributed by atoms with E-state index in [1.165, 1.54) is 0 Å². The molecular weight excluding hydrogens is 176 g/mol. The van der Waals surface area contributed by atoms with Gasteiger partial charge < -0.3 is 21.3 Å². The molecule has 14 heavy (non-hydrogen) atoms. The summed E-state index contributed by atoms with van der Waals surface area (Å²) < 4.78 is 0. The highest BCUT2D eigenvalue weighted by Gasteiger charge is 1.82. The van der Waals surface area contributed by atoms with Crippen LogP contribution in [0.15, 0.2) is 0 Å². The molecule has 0 aromatic rings. The Labute approximate surface area is 87.2 Å². The highest BCUT2D eigenvalue weighted by atomic mass is 14.9. The first-order valence-corrected chi connectivity index (χ1v) is 5.16. The van der Waals surface area contributed by atoms with E-state index < -0.39 is 0 Å². The predicted molar refractivity (Wildman–Crippen MR) is 60.9 cm³/mol. The van der Waals surface area contributed by atoms with Crippen molar-refractivity contribution in [2.45, 2.75) is 12.8 Å². The normalized spacial score (nSPS) is 9.00. The maximum Gasteiger partial charge on any atom is 0.0276 e. The molecule has 0 heterocycles. The lowest BCUT2D eigenvalue weighted by molar-refractivity contribution is 0.692. The van der Waals surface area contributed by atoms with Crippen LogP contribution in [-0.2, 0) is 0 Å². The van der Waals surface area contributed by atoms with E-state index in [4.69, 9.17) is 0 Å². The van der Waals surface area contributed by atoms with Gasteiger partial charge in [-0.15, -0.1) is 0 Å². The van der Waals surface area contributed by atoms with Gasteiger partial charge in [0.25, 0.3) is 0 Å². The van der Waals surface area contributed by atoms with Crippen LogP contribution in [0.5, 0.6) is 0 Å². The second kappa shape index (κ2) is 12.1. The molecule has 4 nitrogen and oxygen atoms in total. The summed E-state index contributed by atoms with van der Waals surface area (Å²) in [5.41, 5.74) is 0. The average molecular weight is 198 g/mol. The SMILES string of the molecule is CNCCCNC#CNCCCNC. The Bertz CT molecular complexity index is 143. The van der Waals surface area contributed by atoms with E-state index in [0.717, 1.165) is 39.0 Å². The minimum absolute atomic E-state index is 0.937. The van der Waals surface area contributed by atoms with E-state index >= 15 is 0 Å². The summed E-state index contributed by atoms with van der Waals surface area (Å²) in [5, 5.41) is 12.2. The fraction of sp³-hybridized carbons (Fsp3) is 0.800. The highest BCUT2D eigenvalue weighted by Crippen LogP contribution is 1.70. The number of hydrogen-bond acceptors (Lipinski definition) is 4. The monoisotopic (exact) mass is 198 g/mol. The summed E-state index contributed by atoms with van der Waals surface area (Å²) in [7, 11) is 3.91. The van der Waals surface area contributed by atoms with E-state index in [9.17, 15) is 0 Å². The zero-order chi connectivity index (χ0) is 10.5. The van der Waals surface area contributed by atoms with Gasteiger partial charge in [0.2, 0.25) is 0 Å². The van der Waals surface area contributed by atoms with Crippen molar-refractivity contribution in [3.05, 3.63) is 0 Å². The maximum atomic E-state index is 3.08. The molecule has 0 spiro atoms. The topological polar surface area (TPSA) is 48.1 Å². The van der Waals surface area contributed by atoms with Crippen molar-refractivity contribution in [2.75, 3.05) is 40.3 Å². The van der Waals surface area contributed by atoms with Crippen LogP contribution >= 0.6 is 0 Å². The number of hydrogen-bond donors (Lipinski definition) is 4. The number of nitrogens with one attached hydrogen (secondary N) is 4. The van der Waals surface area contributed by atoms with Crippen molar-refractivity contribution >= 4 is 0 Å². The standard InChI is InChI=1S/C10H22N4/c1-11-5-3-7-13-9-10-14-8-4-6-12-2/h11-14H,3-8H2,1-2H3. The van der Waals surface area contributed by atoms with Gasteiger partial charge in [-0.2, -0.15) is 0 Å². The van der Waals surface area contributed by atoms with Crippen molar-refractivity contribution in [1.82, 2.24) is 21.3 Å². The zero-order valence-corrected chi connectivity index (χ0v) is 9.24. The van der Waals surface area contributed by atoms with E-state index in [-0.39, 0.29) is 0 Å². The highest BCUT2D eigenvalue weighted by molar-refractivity contribution is 4.93. The molecule has 0 radical (unpaired) electrons. The molecule has 0 aromatic heterocycles. The van der Waals surface area contributed by atoms with E-state index in [1.807, 2.05) is 14.1 Å². The Balaban J connectivity index is 3.03. The van der Waals surface area contributed by atoms with Gasteiger partial charge >= 0.3 is 0 Å². The number of rotatable bonds is 8. The molecule has 4 heteroatoms. The van der Waals surface area contributed by atoms with Crippen molar-refractivity contribution in [3.8, 4) is 12.1 Å². The third-order valence-corrected chi connectivity index (χ3v) is 1.70. The molecule has 0 unspecified atom stereocenters. The van der Waals surface area contributed by atoms with Crippen LogP contribution in [0.3, 0.4) is 0 Å². The largest absolute Gasteiger partial charge is 0.344 e. The third kappa shape index (κ3) is 11.1. The summed E-state index contributed by atoms with van der Waals surface area (Å²) in [6.07, 6.45) is 2.20. The molecular formula is C10H22N4. The molecule has 0 aromatic carbocycles. The summed E-state index contributed by atoms with van der Waals surface area (Å²) in [5.74, 6) is 0. The molecule has 0 bridgehead atoms. The Morgan fingerprint density at radius 2 is 1.14 bits per heavy atom. The summed E-state index contributed by atoms with van der Waals surface area (Å²) >= 11 is 0. The van der Waals surface area contributed by atoms with E-state index in [0.29, 0.717) is 0 Å². The molecule has 0 saturated carbocycles. The van der Waals surface area contributed by atoms with Gasteiger partial charge in [-0.3, -0.25) is 0 Å². The van der Waals surface area contributed by atoms with Crippen LogP contribution in [0.2, 0.25) is 0 Å². The summed E-state index contributed by atoms with van der Waals surface area (Å²) in [6, 6.07) is 5.72. The second-order valence-electron chi connectivity index (χ2n) is 3.02. The van der Waals surface area contributed by atoms with Crippen molar-refractivity contribution in [3.63, 3.8) is 0 Å². The molecule has 0 amide bonds. The Kier molecular flexibility index (Phi) is 11.3. The van der Waals surface area contributed by atoms with Crippen LogP contribution < -0.4 is 21.3 Å². The van der Waals surface area contributed by atoms with Gasteiger partial charge in [-0.1, -0.05) is 0 Å². The Morgan fingerprint density at radius 1 is 0.714 bits per heavy atom. The molecule has 0 aliphatic rings. The van der Waals surface area contributed by atoms with Gasteiger partial charge in [0.1, 0.15) is 0 Å². The van der Waals surface area contributed by atoms with Crippen LogP contribution in [0.1, 0.15) is 12.8 Å². The minimum Gasteiger partial charge on any atom is -0.344 e. The van der Waals surface area contributed by atoms with E-state index in [1.54, 1.807) is 0 Å². The fourth-order valence-corrected chi connectivity index (χ4v) is 0.920. The van der Waals surface area contributed by atoms with Crippen LogP contribution in [-0.4, -0.2) is 40.3 Å². The predicted octanol–water partition coefficient (Wildman–Crippen LogP) is -0.697. The molecule has 0 aliphatic heterocycles. The van der Waals surface area contributed by atoms with Gasteiger partial charge in [-0.25, -0.2) is 0 Å². The molecule has 0 rings (SSSR count). The van der Waals surface area contributed by atoms with Crippen molar-refractivity contribution < 1.29 is 0 Å². The molecule has 0 fully saturated rings. The van der Waals surface area contributed by atoms with Gasteiger partial charge in [-0.05, 0) is 40.0 Å². The second-order valence-corrected chi connectivity index (χ2v) is 3.02. The molecule has 4 N–H and O–H groups in total. The average Bonchev–Trinajstić information content (AvgIpc) is 2.21. The quantitative estimate of drug-likeness (QED) is 0.237. The van der Waals surface area contributed by atoms with Crippen molar-refractivity contribution in [2.24, 2.45) is 0 Å². The first-order chi connectivity index (χ1) is 6.91. The lowest BCUT2D eigenvalue weighted by Gasteiger charge is -1.98. The van der Waals surface area contributed by atoms with Gasteiger partial charge in [0.05, 0.1) is 0 Å². The van der Waals surface area contributed by atoms with Gasteiger partial charge in [0.15, 0.2) is 0 Å². The maximum absolute atomic E-state index is 3.08. The molecule has 0 aliphatic carbocycles. The first-order valence-electron chi connectivity index (χ1n) is 5.16. The van der Waals surface area contributed by atoms with Crippen LogP contribution in [0.25, 0.3) is 0 Å². The van der Waals surface area contributed by atoms with Crippen LogP contribution in [0, 0.1) is 12.1 Å². The molecule has 0 saturated heterocycles. The first kappa shape index (κ1) is 13.1. The van der Waals surface area contributed by atoms with Crippen molar-refractivity contribution in [1.29, 1.82) is 0 Å². The zero-order valence-electron chi connectivity index (χ0n) is 9.24. The van der Waals surface area contributed by atoms with Crippen LogP contribution in [0.4, 0.5) is 0 Å². The lowest BCUT2D eigenvalue weighted by Crippen LogP contribution is -2.18.